The van der Waals surface area contributed by atoms with Crippen molar-refractivity contribution in [2.45, 2.75) is 58.0 Å². The lowest BCUT2D eigenvalue weighted by molar-refractivity contribution is 0.319. The molecular weight excluding hydrogens is 312 g/mol. The maximum atomic E-state index is 5.82. The molecule has 1 fully saturated rings. The molecule has 1 aromatic rings. The summed E-state index contributed by atoms with van der Waals surface area (Å²) in [6, 6.07) is 4.76. The zero-order valence-corrected chi connectivity index (χ0v) is 15.6. The third kappa shape index (κ3) is 3.58. The van der Waals surface area contributed by atoms with Gasteiger partial charge in [0, 0.05) is 12.1 Å². The molecule has 0 radical (unpaired) electrons. The third-order valence-corrected chi connectivity index (χ3v) is 5.43. The Bertz CT molecular complexity index is 677. The molecule has 2 atom stereocenters. The average Bonchev–Trinajstić information content (AvgIpc) is 2.62. The first-order chi connectivity index (χ1) is 12.0. The first-order valence-corrected chi connectivity index (χ1v) is 9.20. The van der Waals surface area contributed by atoms with Gasteiger partial charge in [-0.3, -0.25) is 0 Å². The molecule has 1 saturated carbocycles. The molecule has 136 valence electrons. The Kier molecular flexibility index (Phi) is 5.45. The number of hydrogen-bond acceptors (Lipinski definition) is 5. The largest absolute Gasteiger partial charge is 0.497 e. The molecule has 2 unspecified atom stereocenters. The number of hydrogen-bond donors (Lipinski definition) is 3. The smallest absolute Gasteiger partial charge is 0.125 e. The third-order valence-electron chi connectivity index (χ3n) is 5.43. The van der Waals surface area contributed by atoms with Crippen LogP contribution in [0.1, 0.15) is 56.2 Å². The van der Waals surface area contributed by atoms with Crippen molar-refractivity contribution < 1.29 is 4.74 Å². The Balaban J connectivity index is 2.06. The van der Waals surface area contributed by atoms with Gasteiger partial charge in [0.25, 0.3) is 0 Å². The molecule has 0 bridgehead atoms. The molecule has 0 amide bonds. The van der Waals surface area contributed by atoms with E-state index < -0.39 is 0 Å². The van der Waals surface area contributed by atoms with Crippen LogP contribution in [-0.2, 0) is 0 Å². The normalized spacial score (nSPS) is 23.6. The van der Waals surface area contributed by atoms with Crippen molar-refractivity contribution in [3.8, 4) is 5.75 Å². The van der Waals surface area contributed by atoms with Crippen LogP contribution in [0, 0.1) is 12.8 Å². The summed E-state index contributed by atoms with van der Waals surface area (Å²) in [5.74, 6) is 7.50. The molecule has 5 nitrogen and oxygen atoms in total. The monoisotopic (exact) mass is 342 g/mol. The van der Waals surface area contributed by atoms with E-state index in [2.05, 4.69) is 30.3 Å². The van der Waals surface area contributed by atoms with E-state index in [4.69, 9.17) is 15.6 Å². The molecule has 5 heteroatoms. The fourth-order valence-electron chi connectivity index (χ4n) is 4.16. The van der Waals surface area contributed by atoms with Gasteiger partial charge >= 0.3 is 0 Å². The van der Waals surface area contributed by atoms with E-state index in [-0.39, 0.29) is 12.0 Å². The van der Waals surface area contributed by atoms with E-state index in [9.17, 15) is 0 Å². The number of nitrogens with one attached hydrogen (secondary N) is 2. The number of ether oxygens (including phenoxy) is 1. The second kappa shape index (κ2) is 7.58. The summed E-state index contributed by atoms with van der Waals surface area (Å²) < 4.78 is 5.51. The lowest BCUT2D eigenvalue weighted by Crippen LogP contribution is -2.47. The SMILES string of the molecule is C=C(C)C1C(NN)=Nc2c(C)cc(OC)cc2C1NC1CCCCC1. The van der Waals surface area contributed by atoms with Crippen LogP contribution in [-0.4, -0.2) is 19.0 Å². The quantitative estimate of drug-likeness (QED) is 0.443. The van der Waals surface area contributed by atoms with E-state index in [1.54, 1.807) is 7.11 Å². The second-order valence-corrected chi connectivity index (χ2v) is 7.33. The number of methoxy groups -OCH3 is 1. The molecule has 3 rings (SSSR count). The van der Waals surface area contributed by atoms with Gasteiger partial charge in [-0.15, -0.1) is 0 Å². The summed E-state index contributed by atoms with van der Waals surface area (Å²) >= 11 is 0. The van der Waals surface area contributed by atoms with Gasteiger partial charge in [0.1, 0.15) is 11.6 Å². The van der Waals surface area contributed by atoms with Crippen LogP contribution in [0.2, 0.25) is 0 Å². The molecule has 2 aliphatic rings. The second-order valence-electron chi connectivity index (χ2n) is 7.33. The Hall–Kier alpha value is -1.85. The van der Waals surface area contributed by atoms with Crippen molar-refractivity contribution in [1.29, 1.82) is 0 Å². The molecule has 1 heterocycles. The average molecular weight is 342 g/mol. The maximum absolute atomic E-state index is 5.82. The maximum Gasteiger partial charge on any atom is 0.125 e. The highest BCUT2D eigenvalue weighted by Crippen LogP contribution is 2.43. The van der Waals surface area contributed by atoms with Crippen molar-refractivity contribution in [1.82, 2.24) is 10.7 Å². The first-order valence-electron chi connectivity index (χ1n) is 9.20. The summed E-state index contributed by atoms with van der Waals surface area (Å²) in [5, 5.41) is 3.90. The number of fused-ring (bicyclic) bond motifs is 1. The Morgan fingerprint density at radius 1 is 1.28 bits per heavy atom. The highest BCUT2D eigenvalue weighted by atomic mass is 16.5. The van der Waals surface area contributed by atoms with Crippen LogP contribution in [0.4, 0.5) is 5.69 Å². The molecule has 4 N–H and O–H groups in total. The van der Waals surface area contributed by atoms with E-state index >= 15 is 0 Å². The van der Waals surface area contributed by atoms with Gasteiger partial charge in [-0.2, -0.15) is 0 Å². The molecule has 1 aliphatic heterocycles. The summed E-state index contributed by atoms with van der Waals surface area (Å²) in [4.78, 5) is 4.81. The van der Waals surface area contributed by atoms with Gasteiger partial charge in [0.15, 0.2) is 0 Å². The predicted octanol–water partition coefficient (Wildman–Crippen LogP) is 3.67. The van der Waals surface area contributed by atoms with Crippen LogP contribution in [0.3, 0.4) is 0 Å². The number of nitrogens with two attached hydrogens (primary N) is 1. The molecule has 0 aromatic heterocycles. The van der Waals surface area contributed by atoms with Gasteiger partial charge in [0.2, 0.25) is 0 Å². The summed E-state index contributed by atoms with van der Waals surface area (Å²) in [7, 11) is 1.71. The summed E-state index contributed by atoms with van der Waals surface area (Å²) in [6.45, 7) is 8.32. The van der Waals surface area contributed by atoms with Crippen molar-refractivity contribution >= 4 is 11.5 Å². The Labute approximate surface area is 150 Å². The number of benzene rings is 1. The first kappa shape index (κ1) is 18.0. The number of aliphatic imine (C=N–C) groups is 1. The van der Waals surface area contributed by atoms with Gasteiger partial charge in [-0.05, 0) is 49.9 Å². The predicted molar refractivity (Wildman–Crippen MR) is 103 cm³/mol. The summed E-state index contributed by atoms with van der Waals surface area (Å²) in [6.07, 6.45) is 6.37. The van der Waals surface area contributed by atoms with E-state index in [0.29, 0.717) is 6.04 Å². The number of hydrazine groups is 1. The van der Waals surface area contributed by atoms with Gasteiger partial charge in [0.05, 0.1) is 18.7 Å². The number of nitrogens with zero attached hydrogens (tertiary/aromatic N) is 1. The lowest BCUT2D eigenvalue weighted by Gasteiger charge is -2.38. The Morgan fingerprint density at radius 2 is 2.00 bits per heavy atom. The minimum Gasteiger partial charge on any atom is -0.497 e. The van der Waals surface area contributed by atoms with Gasteiger partial charge < -0.3 is 15.5 Å². The van der Waals surface area contributed by atoms with Crippen LogP contribution in [0.25, 0.3) is 0 Å². The standard InChI is InChI=1S/C20H30N4O/c1-12(2)17-19(22-14-8-6-5-7-9-14)16-11-15(25-4)10-13(3)18(16)23-20(17)24-21/h10-11,14,17,19,22H,1,5-9,21H2,2-4H3,(H,23,24). The molecule has 25 heavy (non-hydrogen) atoms. The van der Waals surface area contributed by atoms with E-state index in [0.717, 1.165) is 28.4 Å². The molecular formula is C20H30N4O. The van der Waals surface area contributed by atoms with E-state index in [1.807, 2.05) is 13.0 Å². The molecule has 1 aromatic carbocycles. The molecule has 1 aliphatic carbocycles. The lowest BCUT2D eigenvalue weighted by atomic mass is 9.81. The van der Waals surface area contributed by atoms with Gasteiger partial charge in [-0.1, -0.05) is 31.4 Å². The van der Waals surface area contributed by atoms with Crippen LogP contribution >= 0.6 is 0 Å². The van der Waals surface area contributed by atoms with Crippen LogP contribution in [0.5, 0.6) is 5.75 Å². The zero-order valence-electron chi connectivity index (χ0n) is 15.6. The highest BCUT2D eigenvalue weighted by Gasteiger charge is 2.36. The van der Waals surface area contributed by atoms with Gasteiger partial charge in [-0.25, -0.2) is 10.8 Å². The summed E-state index contributed by atoms with van der Waals surface area (Å²) in [5.41, 5.74) is 7.13. The molecule has 0 spiro atoms. The highest BCUT2D eigenvalue weighted by molar-refractivity contribution is 5.92. The van der Waals surface area contributed by atoms with E-state index in [1.165, 1.54) is 37.7 Å². The number of amidine groups is 1. The minimum atomic E-state index is 0.0333. The number of aryl methyl sites for hydroxylation is 1. The van der Waals surface area contributed by atoms with Crippen molar-refractivity contribution in [2.75, 3.05) is 7.11 Å². The fourth-order valence-corrected chi connectivity index (χ4v) is 4.16. The Morgan fingerprint density at radius 3 is 2.60 bits per heavy atom. The zero-order chi connectivity index (χ0) is 18.0. The minimum absolute atomic E-state index is 0.0333. The number of rotatable bonds is 4. The topological polar surface area (TPSA) is 71.7 Å². The fraction of sp³-hybridized carbons (Fsp3) is 0.550. The van der Waals surface area contributed by atoms with Crippen molar-refractivity contribution in [3.05, 3.63) is 35.4 Å². The van der Waals surface area contributed by atoms with Crippen molar-refractivity contribution in [3.63, 3.8) is 0 Å². The van der Waals surface area contributed by atoms with Crippen LogP contribution < -0.4 is 21.3 Å². The van der Waals surface area contributed by atoms with Crippen molar-refractivity contribution in [2.24, 2.45) is 16.8 Å². The van der Waals surface area contributed by atoms with Crippen LogP contribution in [0.15, 0.2) is 29.3 Å². The molecule has 0 saturated heterocycles.